The van der Waals surface area contributed by atoms with Crippen LogP contribution in [-0.4, -0.2) is 36.2 Å². The normalized spacial score (nSPS) is 10.9. The van der Waals surface area contributed by atoms with Crippen LogP contribution in [0.1, 0.15) is 57.8 Å². The number of unbranched alkanes of at least 4 members (excludes halogenated alkanes) is 2. The number of thiophene rings is 1. The number of rotatable bonds is 14. The number of carbonyl (C=O) groups excluding carboxylic acids is 4. The third-order valence-corrected chi connectivity index (χ3v) is 7.77. The predicted molar refractivity (Wildman–Crippen MR) is 181 cm³/mol. The summed E-state index contributed by atoms with van der Waals surface area (Å²) in [5.41, 5.74) is 28.0. The lowest BCUT2D eigenvalue weighted by atomic mass is 10.0. The zero-order chi connectivity index (χ0) is 33.0. The van der Waals surface area contributed by atoms with Gasteiger partial charge in [-0.3, -0.25) is 19.2 Å². The van der Waals surface area contributed by atoms with Crippen molar-refractivity contribution in [2.75, 3.05) is 6.54 Å². The highest BCUT2D eigenvalue weighted by Crippen LogP contribution is 2.17. The molecule has 4 amide bonds. The fraction of sp³-hybridized carbons (Fsp3) is 0.294. The molecule has 0 bridgehead atoms. The Hall–Kier alpha value is -4.58. The van der Waals surface area contributed by atoms with Crippen molar-refractivity contribution in [3.8, 4) is 0 Å². The third-order valence-electron chi connectivity index (χ3n) is 6.65. The van der Waals surface area contributed by atoms with Crippen LogP contribution in [-0.2, 0) is 33.8 Å². The van der Waals surface area contributed by atoms with Crippen LogP contribution in [0.2, 0.25) is 0 Å². The monoisotopic (exact) mass is 632 g/mol. The number of hydrogen-bond acceptors (Lipinski definition) is 7. The maximum atomic E-state index is 12.3. The number of hydrogen-bond donors (Lipinski definition) is 6. The van der Waals surface area contributed by atoms with Crippen LogP contribution in [0.5, 0.6) is 0 Å². The summed E-state index contributed by atoms with van der Waals surface area (Å²) in [6.45, 7) is 1.18. The van der Waals surface area contributed by atoms with Crippen molar-refractivity contribution in [2.24, 2.45) is 28.7 Å². The molecule has 0 aliphatic rings. The number of nitrogens with one attached hydrogen (secondary N) is 1. The van der Waals surface area contributed by atoms with Gasteiger partial charge >= 0.3 is 0 Å². The van der Waals surface area contributed by atoms with E-state index in [9.17, 15) is 19.2 Å². The van der Waals surface area contributed by atoms with Gasteiger partial charge in [0.1, 0.15) is 6.04 Å². The maximum Gasteiger partial charge on any atom is 0.258 e. The minimum Gasteiger partial charge on any atom is -0.370 e. The summed E-state index contributed by atoms with van der Waals surface area (Å²) in [6.07, 6.45) is 4.72. The quantitative estimate of drug-likeness (QED) is 0.115. The van der Waals surface area contributed by atoms with Crippen LogP contribution < -0.4 is 34.0 Å². The Morgan fingerprint density at radius 3 is 1.98 bits per heavy atom. The lowest BCUT2D eigenvalue weighted by Crippen LogP contribution is -2.45. The number of amides is 4. The summed E-state index contributed by atoms with van der Waals surface area (Å²) in [5, 5.41) is 5.09. The highest BCUT2D eigenvalue weighted by atomic mass is 32.1. The van der Waals surface area contributed by atoms with E-state index >= 15 is 0 Å². The number of aryl methyl sites for hydroxylation is 1. The molecular formula is C34H44N6O4S. The van der Waals surface area contributed by atoms with Crippen molar-refractivity contribution in [2.45, 2.75) is 57.5 Å². The summed E-state index contributed by atoms with van der Waals surface area (Å²) in [6, 6.07) is 26.7. The van der Waals surface area contributed by atoms with Gasteiger partial charge in [0.2, 0.25) is 17.7 Å². The van der Waals surface area contributed by atoms with Gasteiger partial charge < -0.3 is 34.0 Å². The molecule has 45 heavy (non-hydrogen) atoms. The Balaban J connectivity index is 0.000000304. The topological polar surface area (TPSA) is 210 Å². The first-order valence-corrected chi connectivity index (χ1v) is 15.6. The van der Waals surface area contributed by atoms with Crippen molar-refractivity contribution >= 4 is 45.7 Å². The molecule has 11 heteroatoms. The number of nitrogens with two attached hydrogens (primary N) is 5. The SMILES string of the molecule is NC(=O)[C@@H](Cc1ccccc1)NC(=O)CCc1ccc2ccccc2c1.NCCCCCC(N)=O.NCc1ccc(C(N)=O)s1. The van der Waals surface area contributed by atoms with Gasteiger partial charge in [-0.25, -0.2) is 0 Å². The molecule has 1 aromatic heterocycles. The summed E-state index contributed by atoms with van der Waals surface area (Å²) >= 11 is 1.34. The maximum absolute atomic E-state index is 12.3. The van der Waals surface area contributed by atoms with E-state index in [0.717, 1.165) is 40.7 Å². The molecule has 4 rings (SSSR count). The van der Waals surface area contributed by atoms with E-state index in [2.05, 4.69) is 29.6 Å². The second-order valence-electron chi connectivity index (χ2n) is 10.3. The average molecular weight is 633 g/mol. The van der Waals surface area contributed by atoms with Gasteiger partial charge in [0.15, 0.2) is 0 Å². The lowest BCUT2D eigenvalue weighted by molar-refractivity contribution is -0.127. The van der Waals surface area contributed by atoms with E-state index in [0.29, 0.717) is 43.6 Å². The van der Waals surface area contributed by atoms with E-state index in [1.807, 2.05) is 54.6 Å². The summed E-state index contributed by atoms with van der Waals surface area (Å²) in [7, 11) is 0. The molecule has 240 valence electrons. The van der Waals surface area contributed by atoms with E-state index in [-0.39, 0.29) is 17.7 Å². The lowest BCUT2D eigenvalue weighted by Gasteiger charge is -2.15. The summed E-state index contributed by atoms with van der Waals surface area (Å²) in [5.74, 6) is -1.29. The molecule has 0 saturated carbocycles. The van der Waals surface area contributed by atoms with Crippen molar-refractivity contribution in [1.82, 2.24) is 5.32 Å². The highest BCUT2D eigenvalue weighted by Gasteiger charge is 2.18. The van der Waals surface area contributed by atoms with Crippen molar-refractivity contribution in [1.29, 1.82) is 0 Å². The van der Waals surface area contributed by atoms with Crippen LogP contribution in [0.15, 0.2) is 84.9 Å². The van der Waals surface area contributed by atoms with Gasteiger partial charge in [-0.1, -0.05) is 79.2 Å². The third kappa shape index (κ3) is 14.6. The molecule has 3 aromatic carbocycles. The van der Waals surface area contributed by atoms with Crippen molar-refractivity contribution in [3.63, 3.8) is 0 Å². The molecule has 0 aliphatic carbocycles. The van der Waals surface area contributed by atoms with Crippen LogP contribution >= 0.6 is 11.3 Å². The average Bonchev–Trinajstić information content (AvgIpc) is 3.53. The second kappa shape index (κ2) is 20.4. The van der Waals surface area contributed by atoms with Gasteiger partial charge in [-0.2, -0.15) is 0 Å². The Kier molecular flexibility index (Phi) is 16.6. The number of benzene rings is 3. The van der Waals surface area contributed by atoms with Crippen LogP contribution in [0.4, 0.5) is 0 Å². The van der Waals surface area contributed by atoms with Crippen LogP contribution in [0.3, 0.4) is 0 Å². The smallest absolute Gasteiger partial charge is 0.258 e. The molecule has 0 spiro atoms. The van der Waals surface area contributed by atoms with E-state index in [1.54, 1.807) is 6.07 Å². The largest absolute Gasteiger partial charge is 0.370 e. The van der Waals surface area contributed by atoms with Gasteiger partial charge in [-0.15, -0.1) is 11.3 Å². The molecule has 0 unspecified atom stereocenters. The number of carbonyl (C=O) groups is 4. The zero-order valence-electron chi connectivity index (χ0n) is 25.5. The van der Waals surface area contributed by atoms with E-state index in [1.165, 1.54) is 16.7 Å². The Labute approximate surface area is 268 Å². The van der Waals surface area contributed by atoms with Gasteiger partial charge in [0.05, 0.1) is 4.88 Å². The summed E-state index contributed by atoms with van der Waals surface area (Å²) < 4.78 is 0. The van der Waals surface area contributed by atoms with E-state index in [4.69, 9.17) is 28.7 Å². The first-order valence-electron chi connectivity index (χ1n) is 14.8. The minimum absolute atomic E-state index is 0.169. The van der Waals surface area contributed by atoms with Crippen molar-refractivity contribution < 1.29 is 19.2 Å². The van der Waals surface area contributed by atoms with Crippen LogP contribution in [0, 0.1) is 0 Å². The molecule has 4 aromatic rings. The molecule has 0 radical (unpaired) electrons. The van der Waals surface area contributed by atoms with Crippen molar-refractivity contribution in [3.05, 3.63) is 106 Å². The minimum atomic E-state index is -0.693. The Morgan fingerprint density at radius 2 is 1.40 bits per heavy atom. The molecule has 0 fully saturated rings. The predicted octanol–water partition coefficient (Wildman–Crippen LogP) is 3.28. The molecule has 0 aliphatic heterocycles. The first-order chi connectivity index (χ1) is 21.6. The molecule has 1 atom stereocenters. The van der Waals surface area contributed by atoms with Gasteiger partial charge in [0.25, 0.3) is 5.91 Å². The van der Waals surface area contributed by atoms with Crippen LogP contribution in [0.25, 0.3) is 10.8 Å². The fourth-order valence-electron chi connectivity index (χ4n) is 4.23. The number of fused-ring (bicyclic) bond motifs is 1. The van der Waals surface area contributed by atoms with Gasteiger partial charge in [-0.05, 0) is 59.8 Å². The van der Waals surface area contributed by atoms with Gasteiger partial charge in [0, 0.05) is 30.7 Å². The molecule has 1 heterocycles. The molecule has 10 nitrogen and oxygen atoms in total. The fourth-order valence-corrected chi connectivity index (χ4v) is 4.97. The Bertz CT molecular complexity index is 1510. The van der Waals surface area contributed by atoms with E-state index < -0.39 is 11.9 Å². The first kappa shape index (κ1) is 36.6. The zero-order valence-corrected chi connectivity index (χ0v) is 26.3. The summed E-state index contributed by atoms with van der Waals surface area (Å²) in [4.78, 5) is 46.2. The Morgan fingerprint density at radius 1 is 0.711 bits per heavy atom. The number of primary amides is 3. The molecule has 11 N–H and O–H groups in total. The molecular weight excluding hydrogens is 588 g/mol. The molecule has 0 saturated heterocycles. The standard InChI is InChI=1S/C22H22N2O2.C6H8N2OS.C6H14N2O/c23-22(26)20(15-16-6-2-1-3-7-16)24-21(25)13-11-17-10-12-18-8-4-5-9-19(18)14-17;7-3-4-1-2-5(10-4)6(8)9;7-5-3-1-2-4-6(8)9/h1-10,12,14,20H,11,13,15H2,(H2,23,26)(H,24,25);1-2H,3,7H2,(H2,8,9);1-5,7H2,(H2,8,9)/t20-;;/m1../s1. The second-order valence-corrected chi connectivity index (χ2v) is 11.5. The highest BCUT2D eigenvalue weighted by molar-refractivity contribution is 7.14.